The van der Waals surface area contributed by atoms with E-state index in [9.17, 15) is 9.18 Å². The van der Waals surface area contributed by atoms with Crippen molar-refractivity contribution in [3.05, 3.63) is 48.2 Å². The monoisotopic (exact) mass is 214 g/mol. The molecule has 3 rings (SSSR count). The van der Waals surface area contributed by atoms with Gasteiger partial charge in [-0.25, -0.2) is 9.37 Å². The molecule has 0 spiro atoms. The number of benzene rings is 1. The topological polar surface area (TPSA) is 34.4 Å². The van der Waals surface area contributed by atoms with Crippen molar-refractivity contribution < 1.29 is 9.18 Å². The van der Waals surface area contributed by atoms with Gasteiger partial charge < -0.3 is 4.40 Å². The molecule has 2 heterocycles. The second-order valence-electron chi connectivity index (χ2n) is 3.56. The summed E-state index contributed by atoms with van der Waals surface area (Å²) in [5, 5.41) is 1.60. The highest BCUT2D eigenvalue weighted by molar-refractivity contribution is 5.94. The normalized spacial score (nSPS) is 11.1. The zero-order valence-electron chi connectivity index (χ0n) is 8.22. The molecule has 78 valence electrons. The molecule has 2 aromatic heterocycles. The van der Waals surface area contributed by atoms with Crippen molar-refractivity contribution in [1.82, 2.24) is 9.38 Å². The first-order chi connectivity index (χ1) is 7.78. The Morgan fingerprint density at radius 3 is 3.00 bits per heavy atom. The van der Waals surface area contributed by atoms with Crippen molar-refractivity contribution in [2.24, 2.45) is 0 Å². The number of aldehydes is 1. The van der Waals surface area contributed by atoms with Gasteiger partial charge in [0.05, 0.1) is 0 Å². The van der Waals surface area contributed by atoms with Gasteiger partial charge in [-0.05, 0) is 23.6 Å². The second-order valence-corrected chi connectivity index (χ2v) is 3.56. The third kappa shape index (κ3) is 1.20. The SMILES string of the molecule is O=Cc1cn2ccc3ccc(F)cc3c2n1. The number of fused-ring (bicyclic) bond motifs is 3. The Morgan fingerprint density at radius 1 is 1.31 bits per heavy atom. The van der Waals surface area contributed by atoms with Crippen LogP contribution in [0.2, 0.25) is 0 Å². The zero-order valence-corrected chi connectivity index (χ0v) is 8.22. The standard InChI is InChI=1S/C12H7FN2O/c13-9-2-1-8-3-4-15-6-10(7-16)14-12(15)11(8)5-9/h1-7H. The summed E-state index contributed by atoms with van der Waals surface area (Å²) in [4.78, 5) is 14.8. The van der Waals surface area contributed by atoms with Crippen LogP contribution in [0.4, 0.5) is 4.39 Å². The summed E-state index contributed by atoms with van der Waals surface area (Å²) in [6.45, 7) is 0. The molecule has 16 heavy (non-hydrogen) atoms. The molecule has 0 saturated heterocycles. The van der Waals surface area contributed by atoms with Gasteiger partial charge in [-0.1, -0.05) is 6.07 Å². The van der Waals surface area contributed by atoms with Crippen LogP contribution in [-0.4, -0.2) is 15.7 Å². The van der Waals surface area contributed by atoms with Gasteiger partial charge in [-0.2, -0.15) is 0 Å². The predicted molar refractivity (Wildman–Crippen MR) is 58.0 cm³/mol. The molecular formula is C12H7FN2O. The van der Waals surface area contributed by atoms with E-state index in [1.807, 2.05) is 6.07 Å². The second kappa shape index (κ2) is 3.13. The summed E-state index contributed by atoms with van der Waals surface area (Å²) in [5.74, 6) is -0.309. The number of pyridine rings is 1. The summed E-state index contributed by atoms with van der Waals surface area (Å²) >= 11 is 0. The molecule has 3 aromatic rings. The molecule has 0 saturated carbocycles. The Bertz CT molecular complexity index is 703. The first kappa shape index (κ1) is 9.03. The molecule has 0 aliphatic carbocycles. The summed E-state index contributed by atoms with van der Waals surface area (Å²) in [6, 6.07) is 6.38. The van der Waals surface area contributed by atoms with Crippen molar-refractivity contribution in [2.75, 3.05) is 0 Å². The number of halogens is 1. The first-order valence-electron chi connectivity index (χ1n) is 4.80. The van der Waals surface area contributed by atoms with Gasteiger partial charge in [0.1, 0.15) is 17.2 Å². The van der Waals surface area contributed by atoms with Crippen LogP contribution in [0.25, 0.3) is 16.4 Å². The molecule has 3 nitrogen and oxygen atoms in total. The Morgan fingerprint density at radius 2 is 2.19 bits per heavy atom. The van der Waals surface area contributed by atoms with E-state index < -0.39 is 0 Å². The van der Waals surface area contributed by atoms with E-state index in [0.29, 0.717) is 23.0 Å². The predicted octanol–water partition coefficient (Wildman–Crippen LogP) is 2.44. The Balaban J connectivity index is 2.50. The number of nitrogens with zero attached hydrogens (tertiary/aromatic N) is 2. The average molecular weight is 214 g/mol. The molecule has 1 aromatic carbocycles. The van der Waals surface area contributed by atoms with Crippen LogP contribution in [0.1, 0.15) is 10.5 Å². The Labute approximate surface area is 90.1 Å². The number of hydrogen-bond donors (Lipinski definition) is 0. The summed E-state index contributed by atoms with van der Waals surface area (Å²) in [7, 11) is 0. The van der Waals surface area contributed by atoms with Crippen molar-refractivity contribution in [3.8, 4) is 0 Å². The lowest BCUT2D eigenvalue weighted by Crippen LogP contribution is -1.85. The third-order valence-electron chi connectivity index (χ3n) is 2.54. The summed E-state index contributed by atoms with van der Waals surface area (Å²) < 4.78 is 14.9. The molecule has 0 unspecified atom stereocenters. The van der Waals surface area contributed by atoms with Gasteiger partial charge in [-0.15, -0.1) is 0 Å². The van der Waals surface area contributed by atoms with Crippen LogP contribution >= 0.6 is 0 Å². The van der Waals surface area contributed by atoms with E-state index in [-0.39, 0.29) is 5.82 Å². The van der Waals surface area contributed by atoms with Crippen molar-refractivity contribution in [2.45, 2.75) is 0 Å². The average Bonchev–Trinajstić information content (AvgIpc) is 2.72. The van der Waals surface area contributed by atoms with Crippen molar-refractivity contribution in [3.63, 3.8) is 0 Å². The van der Waals surface area contributed by atoms with Gasteiger partial charge in [-0.3, -0.25) is 4.79 Å². The maximum Gasteiger partial charge on any atom is 0.170 e. The third-order valence-corrected chi connectivity index (χ3v) is 2.54. The molecule has 0 aliphatic heterocycles. The number of hydrogen-bond acceptors (Lipinski definition) is 2. The number of aromatic nitrogens is 2. The lowest BCUT2D eigenvalue weighted by Gasteiger charge is -1.99. The fourth-order valence-electron chi connectivity index (χ4n) is 1.81. The fraction of sp³-hybridized carbons (Fsp3) is 0. The van der Waals surface area contributed by atoms with Gasteiger partial charge in [0.25, 0.3) is 0 Å². The van der Waals surface area contributed by atoms with Crippen molar-refractivity contribution in [1.29, 1.82) is 0 Å². The molecular weight excluding hydrogens is 207 g/mol. The molecule has 0 atom stereocenters. The van der Waals surface area contributed by atoms with Crippen LogP contribution in [0.3, 0.4) is 0 Å². The van der Waals surface area contributed by atoms with Crippen LogP contribution < -0.4 is 0 Å². The summed E-state index contributed by atoms with van der Waals surface area (Å²) in [6.07, 6.45) is 4.10. The summed E-state index contributed by atoms with van der Waals surface area (Å²) in [5.41, 5.74) is 0.941. The largest absolute Gasteiger partial charge is 0.306 e. The molecule has 0 N–H and O–H groups in total. The zero-order chi connectivity index (χ0) is 11.1. The molecule has 0 fully saturated rings. The minimum absolute atomic E-state index is 0.309. The number of carbonyl (C=O) groups is 1. The lowest BCUT2D eigenvalue weighted by atomic mass is 10.2. The van der Waals surface area contributed by atoms with Crippen LogP contribution in [0.15, 0.2) is 36.7 Å². The number of imidazole rings is 1. The smallest absolute Gasteiger partial charge is 0.170 e. The first-order valence-corrected chi connectivity index (χ1v) is 4.80. The van der Waals surface area contributed by atoms with Crippen LogP contribution in [0.5, 0.6) is 0 Å². The lowest BCUT2D eigenvalue weighted by molar-refractivity contribution is 0.111. The highest BCUT2D eigenvalue weighted by atomic mass is 19.1. The maximum absolute atomic E-state index is 13.1. The van der Waals surface area contributed by atoms with Gasteiger partial charge in [0, 0.05) is 17.8 Å². The number of carbonyl (C=O) groups excluding carboxylic acids is 1. The van der Waals surface area contributed by atoms with Crippen LogP contribution in [-0.2, 0) is 0 Å². The highest BCUT2D eigenvalue weighted by Crippen LogP contribution is 2.20. The van der Waals surface area contributed by atoms with E-state index in [1.165, 1.54) is 12.1 Å². The highest BCUT2D eigenvalue weighted by Gasteiger charge is 2.05. The van der Waals surface area contributed by atoms with E-state index in [2.05, 4.69) is 4.98 Å². The molecule has 4 heteroatoms. The molecule has 0 bridgehead atoms. The van der Waals surface area contributed by atoms with E-state index in [1.54, 1.807) is 22.9 Å². The fourth-order valence-corrected chi connectivity index (χ4v) is 1.81. The van der Waals surface area contributed by atoms with Gasteiger partial charge >= 0.3 is 0 Å². The molecule has 0 amide bonds. The van der Waals surface area contributed by atoms with Gasteiger partial charge in [0.2, 0.25) is 0 Å². The molecule has 0 radical (unpaired) electrons. The maximum atomic E-state index is 13.1. The quantitative estimate of drug-likeness (QED) is 0.583. The van der Waals surface area contributed by atoms with Gasteiger partial charge in [0.15, 0.2) is 6.29 Å². The Hall–Kier alpha value is -2.23. The number of rotatable bonds is 1. The Kier molecular flexibility index (Phi) is 1.77. The van der Waals surface area contributed by atoms with E-state index >= 15 is 0 Å². The van der Waals surface area contributed by atoms with E-state index in [4.69, 9.17) is 0 Å². The minimum Gasteiger partial charge on any atom is -0.306 e. The molecule has 0 aliphatic rings. The van der Waals surface area contributed by atoms with E-state index in [0.717, 1.165) is 5.39 Å². The van der Waals surface area contributed by atoms with Crippen molar-refractivity contribution >= 4 is 22.7 Å². The van der Waals surface area contributed by atoms with Crippen LogP contribution in [0, 0.1) is 5.82 Å². The minimum atomic E-state index is -0.309.